The van der Waals surface area contributed by atoms with Crippen LogP contribution in [0.5, 0.6) is 0 Å². The van der Waals surface area contributed by atoms with E-state index in [1.165, 1.54) is 0 Å². The molecule has 1 aliphatic rings. The minimum atomic E-state index is -0.733. The molecule has 2 rings (SSSR count). The maximum absolute atomic E-state index is 12.9. The third-order valence-corrected chi connectivity index (χ3v) is 4.94. The molecule has 1 atom stereocenters. The second kappa shape index (κ2) is 11.0. The number of ketones is 1. The van der Waals surface area contributed by atoms with Gasteiger partial charge in [0.05, 0.1) is 6.04 Å². The van der Waals surface area contributed by atoms with Gasteiger partial charge < -0.3 is 14.8 Å². The monoisotopic (exact) mass is 403 g/mol. The molecule has 6 nitrogen and oxygen atoms in total. The molecule has 0 bridgehead atoms. The Morgan fingerprint density at radius 1 is 1.03 bits per heavy atom. The van der Waals surface area contributed by atoms with Crippen LogP contribution >= 0.6 is 0 Å². The zero-order valence-corrected chi connectivity index (χ0v) is 17.7. The molecule has 0 aromatic heterocycles. The van der Waals surface area contributed by atoms with E-state index in [0.717, 1.165) is 44.1 Å². The average molecular weight is 404 g/mol. The number of carbonyl (C=O) groups is 3. The van der Waals surface area contributed by atoms with Crippen LogP contribution < -0.4 is 5.32 Å². The largest absolute Gasteiger partial charge is 0.460 e. The zero-order valence-electron chi connectivity index (χ0n) is 17.7. The van der Waals surface area contributed by atoms with Crippen LogP contribution in [0.3, 0.4) is 0 Å². The maximum atomic E-state index is 12.9. The van der Waals surface area contributed by atoms with Crippen LogP contribution in [0.4, 0.5) is 4.79 Å². The SMILES string of the molecule is CC(C)(C)OC(=O)CC(=O)C(NC(=O)OCc1ccccc1)C1CCCCCC1. The summed E-state index contributed by atoms with van der Waals surface area (Å²) in [4.78, 5) is 37.4. The summed E-state index contributed by atoms with van der Waals surface area (Å²) >= 11 is 0. The van der Waals surface area contributed by atoms with Gasteiger partial charge in [0, 0.05) is 0 Å². The van der Waals surface area contributed by atoms with Crippen molar-refractivity contribution < 1.29 is 23.9 Å². The molecule has 0 heterocycles. The number of hydrogen-bond acceptors (Lipinski definition) is 5. The first-order chi connectivity index (χ1) is 13.7. The topological polar surface area (TPSA) is 81.7 Å². The first-order valence-corrected chi connectivity index (χ1v) is 10.5. The van der Waals surface area contributed by atoms with Gasteiger partial charge in [0.1, 0.15) is 18.6 Å². The highest BCUT2D eigenvalue weighted by molar-refractivity contribution is 5.99. The second-order valence-corrected chi connectivity index (χ2v) is 8.66. The van der Waals surface area contributed by atoms with E-state index in [9.17, 15) is 14.4 Å². The van der Waals surface area contributed by atoms with Gasteiger partial charge in [-0.2, -0.15) is 0 Å². The van der Waals surface area contributed by atoms with Crippen LogP contribution in [-0.4, -0.2) is 29.5 Å². The van der Waals surface area contributed by atoms with Crippen molar-refractivity contribution >= 4 is 17.8 Å². The molecule has 0 saturated heterocycles. The Morgan fingerprint density at radius 2 is 1.66 bits per heavy atom. The van der Waals surface area contributed by atoms with Gasteiger partial charge in [-0.1, -0.05) is 56.0 Å². The Bertz CT molecular complexity index is 672. The molecule has 1 N–H and O–H groups in total. The van der Waals surface area contributed by atoms with Gasteiger partial charge in [0.25, 0.3) is 0 Å². The fourth-order valence-electron chi connectivity index (χ4n) is 3.63. The highest BCUT2D eigenvalue weighted by atomic mass is 16.6. The van der Waals surface area contributed by atoms with Crippen molar-refractivity contribution in [2.75, 3.05) is 0 Å². The van der Waals surface area contributed by atoms with Crippen LogP contribution in [0.15, 0.2) is 30.3 Å². The normalized spacial score (nSPS) is 16.4. The summed E-state index contributed by atoms with van der Waals surface area (Å²) in [6.07, 6.45) is 5.00. The van der Waals surface area contributed by atoms with Gasteiger partial charge in [-0.3, -0.25) is 9.59 Å². The molecule has 1 unspecified atom stereocenters. The lowest BCUT2D eigenvalue weighted by Gasteiger charge is -2.26. The molecule has 6 heteroatoms. The summed E-state index contributed by atoms with van der Waals surface area (Å²) in [5.74, 6) is -0.875. The van der Waals surface area contributed by atoms with Crippen LogP contribution in [0.25, 0.3) is 0 Å². The number of amides is 1. The van der Waals surface area contributed by atoms with E-state index in [2.05, 4.69) is 5.32 Å². The van der Waals surface area contributed by atoms with E-state index in [0.29, 0.717) is 0 Å². The quantitative estimate of drug-likeness (QED) is 0.410. The maximum Gasteiger partial charge on any atom is 0.408 e. The Hall–Kier alpha value is -2.37. The first-order valence-electron chi connectivity index (χ1n) is 10.5. The number of esters is 1. The van der Waals surface area contributed by atoms with Crippen molar-refractivity contribution in [1.29, 1.82) is 0 Å². The van der Waals surface area contributed by atoms with Crippen molar-refractivity contribution in [1.82, 2.24) is 5.32 Å². The Morgan fingerprint density at radius 3 is 2.24 bits per heavy atom. The number of hydrogen-bond donors (Lipinski definition) is 1. The molecule has 0 radical (unpaired) electrons. The number of rotatable bonds is 7. The Labute approximate surface area is 173 Å². The van der Waals surface area contributed by atoms with E-state index in [-0.39, 0.29) is 24.7 Å². The van der Waals surface area contributed by atoms with E-state index >= 15 is 0 Å². The highest BCUT2D eigenvalue weighted by Crippen LogP contribution is 2.27. The van der Waals surface area contributed by atoms with Gasteiger partial charge >= 0.3 is 12.1 Å². The van der Waals surface area contributed by atoms with Gasteiger partial charge in [0.15, 0.2) is 5.78 Å². The van der Waals surface area contributed by atoms with Crippen molar-refractivity contribution in [2.45, 2.75) is 84.0 Å². The molecule has 1 saturated carbocycles. The lowest BCUT2D eigenvalue weighted by atomic mass is 9.88. The van der Waals surface area contributed by atoms with Crippen LogP contribution in [-0.2, 0) is 25.7 Å². The predicted molar refractivity (Wildman–Crippen MR) is 110 cm³/mol. The van der Waals surface area contributed by atoms with Crippen molar-refractivity contribution in [3.8, 4) is 0 Å². The summed E-state index contributed by atoms with van der Waals surface area (Å²) in [5.41, 5.74) is 0.214. The summed E-state index contributed by atoms with van der Waals surface area (Å²) < 4.78 is 10.6. The molecule has 1 amide bonds. The Balaban J connectivity index is 2.00. The number of alkyl carbamates (subject to hydrolysis) is 1. The molecular formula is C23H33NO5. The van der Waals surface area contributed by atoms with Crippen molar-refractivity contribution in [2.24, 2.45) is 5.92 Å². The van der Waals surface area contributed by atoms with Gasteiger partial charge in [-0.15, -0.1) is 0 Å². The Kier molecular flexibility index (Phi) is 8.68. The van der Waals surface area contributed by atoms with E-state index < -0.39 is 23.7 Å². The fraction of sp³-hybridized carbons (Fsp3) is 0.609. The number of Topliss-reactive ketones (excluding diaryl/α,β-unsaturated/α-hetero) is 1. The van der Waals surface area contributed by atoms with Gasteiger partial charge in [-0.05, 0) is 45.1 Å². The molecule has 1 aliphatic carbocycles. The van der Waals surface area contributed by atoms with Crippen LogP contribution in [0.2, 0.25) is 0 Å². The first kappa shape index (κ1) is 22.9. The summed E-state index contributed by atoms with van der Waals surface area (Å²) in [7, 11) is 0. The van der Waals surface area contributed by atoms with Crippen molar-refractivity contribution in [3.63, 3.8) is 0 Å². The van der Waals surface area contributed by atoms with Gasteiger partial charge in [-0.25, -0.2) is 4.79 Å². The number of ether oxygens (including phenoxy) is 2. The predicted octanol–water partition coefficient (Wildman–Crippen LogP) is 4.55. The standard InChI is InChI=1S/C23H33NO5/c1-23(2,3)29-20(26)15-19(25)21(18-13-9-4-5-10-14-18)24-22(27)28-16-17-11-7-6-8-12-17/h6-8,11-12,18,21H,4-5,9-10,13-16H2,1-3H3,(H,24,27). The molecule has 29 heavy (non-hydrogen) atoms. The molecule has 160 valence electrons. The summed E-state index contributed by atoms with van der Waals surface area (Å²) in [6.45, 7) is 5.41. The molecular weight excluding hydrogens is 370 g/mol. The molecule has 1 fully saturated rings. The second-order valence-electron chi connectivity index (χ2n) is 8.66. The van der Waals surface area contributed by atoms with Crippen LogP contribution in [0.1, 0.15) is 71.3 Å². The van der Waals surface area contributed by atoms with Gasteiger partial charge in [0.2, 0.25) is 0 Å². The average Bonchev–Trinajstić information content (AvgIpc) is 2.93. The lowest BCUT2D eigenvalue weighted by molar-refractivity contribution is -0.156. The van der Waals surface area contributed by atoms with E-state index in [4.69, 9.17) is 9.47 Å². The fourth-order valence-corrected chi connectivity index (χ4v) is 3.63. The van der Waals surface area contributed by atoms with Crippen LogP contribution in [0, 0.1) is 5.92 Å². The molecule has 0 aliphatic heterocycles. The highest BCUT2D eigenvalue weighted by Gasteiger charge is 2.32. The summed E-state index contributed by atoms with van der Waals surface area (Å²) in [5, 5.41) is 2.73. The number of nitrogens with one attached hydrogen (secondary N) is 1. The minimum Gasteiger partial charge on any atom is -0.460 e. The number of carbonyl (C=O) groups excluding carboxylic acids is 3. The van der Waals surface area contributed by atoms with Crippen molar-refractivity contribution in [3.05, 3.63) is 35.9 Å². The zero-order chi connectivity index (χ0) is 21.3. The smallest absolute Gasteiger partial charge is 0.408 e. The third-order valence-electron chi connectivity index (χ3n) is 4.94. The number of benzene rings is 1. The molecule has 1 aromatic carbocycles. The lowest BCUT2D eigenvalue weighted by Crippen LogP contribution is -2.47. The third kappa shape index (κ3) is 8.67. The molecule has 0 spiro atoms. The molecule has 1 aromatic rings. The minimum absolute atomic E-state index is 0.0108. The van der Waals surface area contributed by atoms with E-state index in [1.807, 2.05) is 30.3 Å². The summed E-state index contributed by atoms with van der Waals surface area (Å²) in [6, 6.07) is 8.63. The van der Waals surface area contributed by atoms with E-state index in [1.54, 1.807) is 20.8 Å².